The maximum absolute atomic E-state index is 11.6. The van der Waals surface area contributed by atoms with Gasteiger partial charge >= 0.3 is 5.97 Å². The lowest BCUT2D eigenvalue weighted by Crippen LogP contribution is -2.31. The number of allylic oxidation sites excluding steroid dienone is 3. The highest BCUT2D eigenvalue weighted by atomic mass is 35.5. The summed E-state index contributed by atoms with van der Waals surface area (Å²) in [7, 11) is 0. The monoisotopic (exact) mass is 679 g/mol. The summed E-state index contributed by atoms with van der Waals surface area (Å²) in [6, 6.07) is 20.7. The average molecular weight is 680 g/mol. The Morgan fingerprint density at radius 1 is 1.10 bits per heavy atom. The lowest BCUT2D eigenvalue weighted by atomic mass is 9.76. The molecule has 2 saturated heterocycles. The van der Waals surface area contributed by atoms with Crippen LogP contribution in [-0.4, -0.2) is 67.6 Å². The SMILES string of the molecule is CC1C(c2ccccc2Cl)=CC=CC1(Sc1cc(CN2CC[C@@H](O)C2)ccn1)c1ccc2c(CN3CC[C@@H](C(=O)O)C3)cc(C#N)n2c1. The molecule has 4 atom stereocenters. The number of β-amino-alcohol motifs (C(OH)–C–C–N with tert-alkyl or cyclic N) is 1. The fourth-order valence-electron chi connectivity index (χ4n) is 7.48. The van der Waals surface area contributed by atoms with Gasteiger partial charge in [-0.05, 0) is 77.5 Å². The van der Waals surface area contributed by atoms with Crippen LogP contribution in [-0.2, 0) is 22.6 Å². The van der Waals surface area contributed by atoms with Crippen LogP contribution in [0, 0.1) is 23.2 Å². The van der Waals surface area contributed by atoms with E-state index in [1.54, 1.807) is 11.8 Å². The molecule has 0 spiro atoms. The summed E-state index contributed by atoms with van der Waals surface area (Å²) in [6.07, 6.45) is 11.6. The van der Waals surface area contributed by atoms with Crippen LogP contribution in [0.25, 0.3) is 11.1 Å². The van der Waals surface area contributed by atoms with Crippen LogP contribution in [0.5, 0.6) is 0 Å². The van der Waals surface area contributed by atoms with Gasteiger partial charge in [0.05, 0.1) is 27.3 Å². The first kappa shape index (κ1) is 32.6. The third-order valence-electron chi connectivity index (χ3n) is 10.1. The molecular weight excluding hydrogens is 642 g/mol. The molecule has 2 N–H and O–H groups in total. The van der Waals surface area contributed by atoms with E-state index in [1.165, 1.54) is 0 Å². The van der Waals surface area contributed by atoms with Crippen molar-refractivity contribution >= 4 is 40.4 Å². The van der Waals surface area contributed by atoms with Crippen molar-refractivity contribution in [2.75, 3.05) is 26.2 Å². The lowest BCUT2D eigenvalue weighted by Gasteiger charge is -2.40. The number of benzene rings is 1. The van der Waals surface area contributed by atoms with E-state index >= 15 is 0 Å². The Morgan fingerprint density at radius 3 is 2.67 bits per heavy atom. The maximum Gasteiger partial charge on any atom is 0.307 e. The molecule has 1 aliphatic carbocycles. The van der Waals surface area contributed by atoms with Crippen molar-refractivity contribution < 1.29 is 15.0 Å². The van der Waals surface area contributed by atoms with Gasteiger partial charge in [0.2, 0.25) is 0 Å². The Kier molecular flexibility index (Phi) is 9.20. The number of carboxylic acids is 1. The van der Waals surface area contributed by atoms with Crippen molar-refractivity contribution in [2.24, 2.45) is 11.8 Å². The van der Waals surface area contributed by atoms with Crippen molar-refractivity contribution in [1.82, 2.24) is 19.2 Å². The Morgan fingerprint density at radius 2 is 1.92 bits per heavy atom. The number of nitriles is 1. The second-order valence-corrected chi connectivity index (χ2v) is 14.9. The van der Waals surface area contributed by atoms with Crippen molar-refractivity contribution in [1.29, 1.82) is 5.26 Å². The largest absolute Gasteiger partial charge is 0.481 e. The Balaban J connectivity index is 1.28. The Hall–Kier alpha value is -3.91. The molecule has 5 heterocycles. The van der Waals surface area contributed by atoms with Gasteiger partial charge in [-0.1, -0.05) is 72.8 Å². The third-order valence-corrected chi connectivity index (χ3v) is 11.9. The van der Waals surface area contributed by atoms with Gasteiger partial charge in [-0.15, -0.1) is 0 Å². The minimum absolute atomic E-state index is 0.0258. The molecule has 0 radical (unpaired) electrons. The molecule has 4 aromatic rings. The first-order valence-electron chi connectivity index (χ1n) is 16.4. The van der Waals surface area contributed by atoms with E-state index in [2.05, 4.69) is 71.5 Å². The molecule has 2 unspecified atom stereocenters. The molecule has 0 saturated carbocycles. The van der Waals surface area contributed by atoms with E-state index in [9.17, 15) is 20.3 Å². The number of aliphatic carboxylic acids is 1. The van der Waals surface area contributed by atoms with Gasteiger partial charge < -0.3 is 14.6 Å². The van der Waals surface area contributed by atoms with Crippen LogP contribution in [0.2, 0.25) is 5.02 Å². The van der Waals surface area contributed by atoms with Crippen LogP contribution < -0.4 is 0 Å². The molecule has 7 rings (SSSR count). The molecule has 0 amide bonds. The standard InChI is InChI=1S/C38H38ClN5O3S/c1-25-32(33-5-2-3-7-34(33)39)6-4-13-38(25,48-36-17-26(10-14-41-36)20-42-16-12-31(45)24-42)29-8-9-35-28(18-30(19-40)44(35)23-29)22-43-15-11-27(21-43)37(46)47/h2-10,13-14,17-18,23,25,27,31,45H,11-12,15-16,20-22,24H2,1H3,(H,46,47)/t25?,27-,31-,38?/m1/s1. The van der Waals surface area contributed by atoms with Gasteiger partial charge in [0.1, 0.15) is 11.8 Å². The summed E-state index contributed by atoms with van der Waals surface area (Å²) < 4.78 is 1.39. The van der Waals surface area contributed by atoms with Crippen molar-refractivity contribution in [3.8, 4) is 6.07 Å². The first-order valence-corrected chi connectivity index (χ1v) is 17.6. The molecule has 246 valence electrons. The number of nitrogens with zero attached hydrogens (tertiary/aromatic N) is 5. The van der Waals surface area contributed by atoms with Gasteiger partial charge in [0.15, 0.2) is 0 Å². The number of hydrogen-bond donors (Lipinski definition) is 2. The van der Waals surface area contributed by atoms with Crippen LogP contribution in [0.4, 0.5) is 0 Å². The molecule has 3 aliphatic rings. The van der Waals surface area contributed by atoms with Gasteiger partial charge in [-0.25, -0.2) is 4.98 Å². The number of aliphatic hydroxyl groups excluding tert-OH is 1. The Labute approximate surface area is 290 Å². The summed E-state index contributed by atoms with van der Waals surface area (Å²) in [5.74, 6) is -1.13. The van der Waals surface area contributed by atoms with Crippen molar-refractivity contribution in [3.05, 3.63) is 118 Å². The highest BCUT2D eigenvalue weighted by molar-refractivity contribution is 8.00. The average Bonchev–Trinajstić information content (AvgIpc) is 3.81. The number of aliphatic hydroxyl groups is 1. The normalized spacial score (nSPS) is 24.6. The number of thioether (sulfide) groups is 1. The number of pyridine rings is 2. The van der Waals surface area contributed by atoms with Crippen molar-refractivity contribution in [2.45, 2.75) is 48.7 Å². The quantitative estimate of drug-likeness (QED) is 0.204. The van der Waals surface area contributed by atoms with Gasteiger partial charge in [-0.3, -0.25) is 14.6 Å². The number of carboxylic acid groups (broad SMARTS) is 1. The second-order valence-electron chi connectivity index (χ2n) is 13.2. The van der Waals surface area contributed by atoms with Gasteiger partial charge in [0.25, 0.3) is 0 Å². The lowest BCUT2D eigenvalue weighted by molar-refractivity contribution is -0.141. The minimum atomic E-state index is -0.751. The van der Waals surface area contributed by atoms with Gasteiger partial charge in [-0.2, -0.15) is 5.26 Å². The van der Waals surface area contributed by atoms with E-state index in [0.29, 0.717) is 36.8 Å². The zero-order valence-electron chi connectivity index (χ0n) is 26.8. The number of hydrogen-bond acceptors (Lipinski definition) is 7. The zero-order chi connectivity index (χ0) is 33.4. The summed E-state index contributed by atoms with van der Waals surface area (Å²) in [5.41, 5.74) is 6.78. The minimum Gasteiger partial charge on any atom is -0.481 e. The maximum atomic E-state index is 11.6. The topological polar surface area (TPSA) is 105 Å². The van der Waals surface area contributed by atoms with Gasteiger partial charge in [0, 0.05) is 56.1 Å². The highest BCUT2D eigenvalue weighted by Gasteiger charge is 2.42. The van der Waals surface area contributed by atoms with E-state index in [-0.39, 0.29) is 17.9 Å². The predicted molar refractivity (Wildman–Crippen MR) is 189 cm³/mol. The number of carbonyl (C=O) groups is 1. The molecule has 3 aromatic heterocycles. The third kappa shape index (κ3) is 6.31. The molecule has 8 nitrogen and oxygen atoms in total. The van der Waals surface area contributed by atoms with Crippen LogP contribution in [0.1, 0.15) is 47.7 Å². The highest BCUT2D eigenvalue weighted by Crippen LogP contribution is 2.54. The predicted octanol–water partition coefficient (Wildman–Crippen LogP) is 6.61. The fourth-order valence-corrected chi connectivity index (χ4v) is 9.09. The van der Waals surface area contributed by atoms with E-state index < -0.39 is 10.7 Å². The van der Waals surface area contributed by atoms with Crippen molar-refractivity contribution in [3.63, 3.8) is 0 Å². The zero-order valence-corrected chi connectivity index (χ0v) is 28.4. The van der Waals surface area contributed by atoms with Crippen LogP contribution in [0.15, 0.2) is 90.2 Å². The molecule has 2 fully saturated rings. The number of fused-ring (bicyclic) bond motifs is 1. The molecule has 2 aliphatic heterocycles. The summed E-state index contributed by atoms with van der Waals surface area (Å²) in [5, 5.41) is 31.4. The van der Waals surface area contributed by atoms with Crippen LogP contribution in [0.3, 0.4) is 0 Å². The second kappa shape index (κ2) is 13.5. The number of likely N-dealkylation sites (tertiary alicyclic amines) is 2. The fraction of sp³-hybridized carbons (Fsp3) is 0.342. The number of aromatic nitrogens is 2. The smallest absolute Gasteiger partial charge is 0.307 e. The number of rotatable bonds is 9. The number of halogens is 1. The molecule has 1 aromatic carbocycles. The molecular formula is C38H38ClN5O3S. The molecule has 0 bridgehead atoms. The summed E-state index contributed by atoms with van der Waals surface area (Å²) in [6.45, 7) is 6.36. The molecule has 48 heavy (non-hydrogen) atoms. The summed E-state index contributed by atoms with van der Waals surface area (Å²) in [4.78, 5) is 20.8. The summed E-state index contributed by atoms with van der Waals surface area (Å²) >= 11 is 8.47. The van der Waals surface area contributed by atoms with E-state index in [1.807, 2.05) is 40.9 Å². The van der Waals surface area contributed by atoms with E-state index in [4.69, 9.17) is 16.6 Å². The van der Waals surface area contributed by atoms with Crippen LogP contribution >= 0.6 is 23.4 Å². The van der Waals surface area contributed by atoms with E-state index in [0.717, 1.165) is 64.4 Å². The first-order chi connectivity index (χ1) is 23.2. The Bertz CT molecular complexity index is 1970. The molecule has 10 heteroatoms.